The van der Waals surface area contributed by atoms with Crippen LogP contribution in [0.1, 0.15) is 15.9 Å². The van der Waals surface area contributed by atoms with Crippen molar-refractivity contribution in [2.24, 2.45) is 0 Å². The number of carbonyl (C=O) groups excluding carboxylic acids is 2. The Labute approximate surface area is 152 Å². The van der Waals surface area contributed by atoms with Crippen molar-refractivity contribution in [1.29, 1.82) is 0 Å². The highest BCUT2D eigenvalue weighted by Gasteiger charge is 2.30. The SMILES string of the molecule is COc1ccc(NC(=O)COC(=O)c2ccc(C(F)(F)F)cc2)c(OC)c1. The summed E-state index contributed by atoms with van der Waals surface area (Å²) in [6, 6.07) is 8.20. The van der Waals surface area contributed by atoms with E-state index < -0.39 is 30.2 Å². The lowest BCUT2D eigenvalue weighted by atomic mass is 10.1. The molecule has 0 atom stereocenters. The first-order chi connectivity index (χ1) is 12.7. The number of esters is 1. The molecule has 6 nitrogen and oxygen atoms in total. The minimum Gasteiger partial charge on any atom is -0.497 e. The molecule has 0 spiro atoms. The molecule has 1 amide bonds. The predicted octanol–water partition coefficient (Wildman–Crippen LogP) is 3.52. The molecule has 0 heterocycles. The summed E-state index contributed by atoms with van der Waals surface area (Å²) < 4.78 is 52.5. The molecule has 1 N–H and O–H groups in total. The van der Waals surface area contributed by atoms with Gasteiger partial charge in [0.1, 0.15) is 11.5 Å². The molecule has 2 rings (SSSR count). The number of hydrogen-bond acceptors (Lipinski definition) is 5. The molecular formula is C18H16F3NO5. The van der Waals surface area contributed by atoms with Crippen LogP contribution in [0.25, 0.3) is 0 Å². The molecule has 144 valence electrons. The second-order valence-corrected chi connectivity index (χ2v) is 5.27. The smallest absolute Gasteiger partial charge is 0.416 e. The van der Waals surface area contributed by atoms with Crippen molar-refractivity contribution in [3.05, 3.63) is 53.6 Å². The first kappa shape index (κ1) is 20.1. The zero-order chi connectivity index (χ0) is 20.0. The summed E-state index contributed by atoms with van der Waals surface area (Å²) in [5.74, 6) is -0.686. The van der Waals surface area contributed by atoms with Crippen LogP contribution in [0.5, 0.6) is 11.5 Å². The average Bonchev–Trinajstić information content (AvgIpc) is 2.65. The van der Waals surface area contributed by atoms with Gasteiger partial charge in [-0.15, -0.1) is 0 Å². The summed E-state index contributed by atoms with van der Waals surface area (Å²) in [6.07, 6.45) is -4.50. The number of hydrogen-bond donors (Lipinski definition) is 1. The number of nitrogens with one attached hydrogen (secondary N) is 1. The molecular weight excluding hydrogens is 367 g/mol. The Morgan fingerprint density at radius 2 is 1.67 bits per heavy atom. The molecule has 0 unspecified atom stereocenters. The van der Waals surface area contributed by atoms with Crippen LogP contribution in [-0.2, 0) is 15.7 Å². The van der Waals surface area contributed by atoms with E-state index in [1.807, 2.05) is 0 Å². The molecule has 0 bridgehead atoms. The molecule has 0 fully saturated rings. The quantitative estimate of drug-likeness (QED) is 0.773. The van der Waals surface area contributed by atoms with Crippen LogP contribution in [0.2, 0.25) is 0 Å². The molecule has 27 heavy (non-hydrogen) atoms. The Morgan fingerprint density at radius 1 is 1.00 bits per heavy atom. The first-order valence-corrected chi connectivity index (χ1v) is 7.61. The number of ether oxygens (including phenoxy) is 3. The van der Waals surface area contributed by atoms with Crippen LogP contribution in [0.15, 0.2) is 42.5 Å². The Bertz CT molecular complexity index is 819. The molecule has 2 aromatic carbocycles. The minimum absolute atomic E-state index is 0.0992. The lowest BCUT2D eigenvalue weighted by Crippen LogP contribution is -2.21. The number of anilines is 1. The number of methoxy groups -OCH3 is 2. The van der Waals surface area contributed by atoms with E-state index in [9.17, 15) is 22.8 Å². The maximum absolute atomic E-state index is 12.5. The van der Waals surface area contributed by atoms with Gasteiger partial charge >= 0.3 is 12.1 Å². The van der Waals surface area contributed by atoms with E-state index in [-0.39, 0.29) is 5.56 Å². The standard InChI is InChI=1S/C18H16F3NO5/c1-25-13-7-8-14(15(9-13)26-2)22-16(23)10-27-17(24)11-3-5-12(6-4-11)18(19,20)21/h3-9H,10H2,1-2H3,(H,22,23). The Hall–Kier alpha value is -3.23. The normalized spacial score (nSPS) is 10.9. The summed E-state index contributed by atoms with van der Waals surface area (Å²) in [7, 11) is 2.89. The fourth-order valence-electron chi connectivity index (χ4n) is 2.10. The van der Waals surface area contributed by atoms with Gasteiger partial charge in [-0.3, -0.25) is 4.79 Å². The topological polar surface area (TPSA) is 73.9 Å². The third-order valence-electron chi connectivity index (χ3n) is 3.47. The third kappa shape index (κ3) is 5.37. The fraction of sp³-hybridized carbons (Fsp3) is 0.222. The molecule has 0 saturated heterocycles. The Balaban J connectivity index is 1.94. The molecule has 0 aliphatic rings. The number of halogens is 3. The van der Waals surface area contributed by atoms with Crippen LogP contribution in [0.3, 0.4) is 0 Å². The summed E-state index contributed by atoms with van der Waals surface area (Å²) in [5.41, 5.74) is -0.643. The highest BCUT2D eigenvalue weighted by Crippen LogP contribution is 2.30. The van der Waals surface area contributed by atoms with E-state index in [1.165, 1.54) is 14.2 Å². The van der Waals surface area contributed by atoms with E-state index in [0.717, 1.165) is 24.3 Å². The molecule has 2 aromatic rings. The number of rotatable bonds is 6. The third-order valence-corrected chi connectivity index (χ3v) is 3.47. The number of amides is 1. The number of benzene rings is 2. The van der Waals surface area contributed by atoms with E-state index in [0.29, 0.717) is 17.2 Å². The molecule has 9 heteroatoms. The lowest BCUT2D eigenvalue weighted by Gasteiger charge is -2.12. The van der Waals surface area contributed by atoms with Crippen molar-refractivity contribution in [2.45, 2.75) is 6.18 Å². The van der Waals surface area contributed by atoms with Crippen molar-refractivity contribution in [3.8, 4) is 11.5 Å². The maximum atomic E-state index is 12.5. The molecule has 0 aliphatic heterocycles. The van der Waals surface area contributed by atoms with Gasteiger partial charge in [0.25, 0.3) is 5.91 Å². The Morgan fingerprint density at radius 3 is 2.22 bits per heavy atom. The van der Waals surface area contributed by atoms with Crippen LogP contribution in [0.4, 0.5) is 18.9 Å². The monoisotopic (exact) mass is 383 g/mol. The molecule has 0 radical (unpaired) electrons. The zero-order valence-corrected chi connectivity index (χ0v) is 14.4. The van der Waals surface area contributed by atoms with Crippen LogP contribution in [-0.4, -0.2) is 32.7 Å². The molecule has 0 aliphatic carbocycles. The van der Waals surface area contributed by atoms with Crippen LogP contribution < -0.4 is 14.8 Å². The number of alkyl halides is 3. The van der Waals surface area contributed by atoms with E-state index in [4.69, 9.17) is 14.2 Å². The van der Waals surface area contributed by atoms with Gasteiger partial charge in [-0.05, 0) is 36.4 Å². The second-order valence-electron chi connectivity index (χ2n) is 5.27. The highest BCUT2D eigenvalue weighted by atomic mass is 19.4. The van der Waals surface area contributed by atoms with Crippen LogP contribution in [0, 0.1) is 0 Å². The second kappa shape index (κ2) is 8.43. The molecule has 0 aromatic heterocycles. The van der Waals surface area contributed by atoms with Gasteiger partial charge < -0.3 is 19.5 Å². The minimum atomic E-state index is -4.50. The van der Waals surface area contributed by atoms with Crippen molar-refractivity contribution < 1.29 is 37.0 Å². The zero-order valence-electron chi connectivity index (χ0n) is 14.4. The van der Waals surface area contributed by atoms with Crippen molar-refractivity contribution >= 4 is 17.6 Å². The Kier molecular flexibility index (Phi) is 6.27. The van der Waals surface area contributed by atoms with Crippen molar-refractivity contribution in [1.82, 2.24) is 0 Å². The summed E-state index contributed by atoms with van der Waals surface area (Å²) >= 11 is 0. The van der Waals surface area contributed by atoms with Gasteiger partial charge in [-0.25, -0.2) is 4.79 Å². The maximum Gasteiger partial charge on any atom is 0.416 e. The summed E-state index contributed by atoms with van der Waals surface area (Å²) in [5, 5.41) is 2.50. The van der Waals surface area contributed by atoms with E-state index in [2.05, 4.69) is 5.32 Å². The van der Waals surface area contributed by atoms with E-state index >= 15 is 0 Å². The van der Waals surface area contributed by atoms with E-state index in [1.54, 1.807) is 18.2 Å². The predicted molar refractivity (Wildman–Crippen MR) is 89.9 cm³/mol. The summed E-state index contributed by atoms with van der Waals surface area (Å²) in [6.45, 7) is -0.616. The van der Waals surface area contributed by atoms with Gasteiger partial charge in [0, 0.05) is 6.07 Å². The van der Waals surface area contributed by atoms with Crippen molar-refractivity contribution in [2.75, 3.05) is 26.1 Å². The first-order valence-electron chi connectivity index (χ1n) is 7.61. The highest BCUT2D eigenvalue weighted by molar-refractivity contribution is 5.96. The molecule has 0 saturated carbocycles. The van der Waals surface area contributed by atoms with Crippen molar-refractivity contribution in [3.63, 3.8) is 0 Å². The van der Waals surface area contributed by atoms with Gasteiger partial charge in [0.15, 0.2) is 6.61 Å². The fourth-order valence-corrected chi connectivity index (χ4v) is 2.10. The van der Waals surface area contributed by atoms with Gasteiger partial charge in [0.2, 0.25) is 0 Å². The average molecular weight is 383 g/mol. The lowest BCUT2D eigenvalue weighted by molar-refractivity contribution is -0.137. The van der Waals surface area contributed by atoms with Gasteiger partial charge in [-0.1, -0.05) is 0 Å². The van der Waals surface area contributed by atoms with Gasteiger partial charge in [0.05, 0.1) is 31.0 Å². The van der Waals surface area contributed by atoms with Crippen LogP contribution >= 0.6 is 0 Å². The van der Waals surface area contributed by atoms with Gasteiger partial charge in [-0.2, -0.15) is 13.2 Å². The largest absolute Gasteiger partial charge is 0.497 e. The number of carbonyl (C=O) groups is 2. The summed E-state index contributed by atoms with van der Waals surface area (Å²) in [4.78, 5) is 23.8.